The Labute approximate surface area is 704 Å². The van der Waals surface area contributed by atoms with Gasteiger partial charge in [-0.3, -0.25) is 29.2 Å². The molecule has 9 N–H and O–H groups in total. The van der Waals surface area contributed by atoms with Crippen molar-refractivity contribution in [3.05, 3.63) is 153 Å². The fourth-order valence-electron chi connectivity index (χ4n) is 28.7. The van der Waals surface area contributed by atoms with Gasteiger partial charge in [-0.25, -0.2) is 4.79 Å². The molecule has 5 spiro atoms. The van der Waals surface area contributed by atoms with Crippen LogP contribution in [-0.4, -0.2) is 251 Å². The number of carbonyl (C=O) groups excluding carboxylic acids is 3. The van der Waals surface area contributed by atoms with Gasteiger partial charge in [0.1, 0.15) is 18.3 Å². The van der Waals surface area contributed by atoms with Gasteiger partial charge < -0.3 is 74.8 Å². The number of halogens is 2. The number of phenolic OH excluding ortho intramolecular Hbond substituents is 4. The van der Waals surface area contributed by atoms with E-state index in [0.717, 1.165) is 186 Å². The van der Waals surface area contributed by atoms with Gasteiger partial charge in [0.15, 0.2) is 57.9 Å². The standard InChI is InChI=1S/C25H30N2O6.C25H25NO4.C24H32Cl2N2O3.C21H25NO3/c1-32-20(30)7-6-19(29)26-16-8-9-25(31)18-12-15-4-5-17(28)22-21(15)24(25,23(16)33-22)10-11-27(18)13-14-2-3-14;1-26-9-8-24-19-14-6-7-17(27)20(19)30-22(24)21(28)23(13-25(24,29)18(26)10-14)11-15-4-2-3-5-16(15)12-23;25-8-11-27(12-9-26)17-5-6-24(30)19-13-16-3-4-18(29)21-20(16)23(24,22(17)31-21)7-10-28(19)14-15-1-2-15;1-12-6-7-21(24)16-10-14-4-5-15(23)18-17(14)20(21,19(12)25-18)8-9-22(16)11-13-2-3-13/h4-7,14,16,18,23,28,31H,2-3,8-13H2,1H3,(H,26,29);2-7,18,22,27,29H,8-13H2,1H3;3-4,15,17,19,22,29-30H,1-2,5-14H2;4-5,13,16,19,23-24H,1-3,6-11H2/b7-6+;;;/t16-,18-,23?,24+,25-;18-,22?,24+,25-;17-,19-,22?,23+,24-;16-,19?,20+,21-/m1111/s1. The molecule has 0 radical (unpaired) electrons. The second-order valence-corrected chi connectivity index (χ2v) is 40.5. The summed E-state index contributed by atoms with van der Waals surface area (Å²) in [5.41, 5.74) is 5.57. The number of methoxy groups -OCH3 is 1. The molecule has 632 valence electrons. The predicted octanol–water partition coefficient (Wildman–Crippen LogP) is 8.93. The minimum atomic E-state index is -1.06. The SMILES string of the molecule is C=C1CC[C@@]2(O)[C@H]3Cc4ccc(O)c5c4[C@@]2(CCN3CC2CC2)C1O5.CN1CC[C@]23c4c5ccc(O)c4OC2C(=O)C2(Cc4ccccc4C2)C[C@@]3(O)[C@H]1C5.COC(=O)/C=C/C(=O)N[C@@H]1CC[C@@]2(O)[C@H]3Cc4ccc(O)c5c4[C@@]2(CCN3CC2CC2)C1O5.Oc1ccc2c3c1OC1[C@H](N(CCCl)CCCl)CC[C@@]4(O)[C@@H](C2)N(CC2CC2)CC[C@]314. The van der Waals surface area contributed by atoms with E-state index in [1.54, 1.807) is 24.3 Å². The third-order valence-corrected chi connectivity index (χ3v) is 34.7. The molecular formula is C95H112Cl2N6O16. The Hall–Kier alpha value is -7.19. The van der Waals surface area contributed by atoms with Crippen LogP contribution in [0.25, 0.3) is 0 Å². The Morgan fingerprint density at radius 1 is 0.521 bits per heavy atom. The van der Waals surface area contributed by atoms with Crippen LogP contribution in [0.2, 0.25) is 0 Å². The second-order valence-electron chi connectivity index (χ2n) is 39.8. The lowest BCUT2D eigenvalue weighted by Crippen LogP contribution is -2.79. The summed E-state index contributed by atoms with van der Waals surface area (Å²) < 4.78 is 30.2. The number of likely N-dealkylation sites (tertiary alicyclic amines) is 4. The summed E-state index contributed by atoms with van der Waals surface area (Å²) in [6.07, 6.45) is 20.8. The molecule has 11 fully saturated rings. The summed E-state index contributed by atoms with van der Waals surface area (Å²) in [5, 5.41) is 94.9. The fraction of sp³-hybridized carbons (Fsp3) is 0.611. The molecule has 8 bridgehead atoms. The maximum absolute atomic E-state index is 14.1. The number of likely N-dealkylation sites (N-methyl/N-ethyl adjacent to an activating group) is 1. The van der Waals surface area contributed by atoms with Crippen molar-refractivity contribution in [2.24, 2.45) is 23.2 Å². The summed E-state index contributed by atoms with van der Waals surface area (Å²) in [5.74, 6) is 5.19. The largest absolute Gasteiger partial charge is 0.504 e. The number of piperidine rings is 4. The van der Waals surface area contributed by atoms with Crippen LogP contribution in [0.3, 0.4) is 0 Å². The first-order valence-corrected chi connectivity index (χ1v) is 45.5. The first kappa shape index (κ1) is 77.8. The Balaban J connectivity index is 0.0000000958. The van der Waals surface area contributed by atoms with Gasteiger partial charge in [0.05, 0.1) is 57.2 Å². The molecule has 12 aliphatic carbocycles. The molecule has 5 aromatic carbocycles. The number of ketones is 1. The van der Waals surface area contributed by atoms with Crippen LogP contribution in [0.4, 0.5) is 0 Å². The molecule has 5 aromatic rings. The number of esters is 1. The van der Waals surface area contributed by atoms with E-state index in [2.05, 4.69) is 66.4 Å². The number of hydrogen-bond acceptors (Lipinski definition) is 21. The van der Waals surface area contributed by atoms with Crippen molar-refractivity contribution in [1.29, 1.82) is 0 Å². The molecule has 24 heteroatoms. The summed E-state index contributed by atoms with van der Waals surface area (Å²) in [6.45, 7) is 12.7. The molecule has 20 aliphatic rings. The van der Waals surface area contributed by atoms with Crippen LogP contribution in [0.15, 0.2) is 97.1 Å². The average molecular weight is 1660 g/mol. The molecule has 8 aliphatic heterocycles. The lowest BCUT2D eigenvalue weighted by atomic mass is 9.44. The van der Waals surface area contributed by atoms with Gasteiger partial charge in [0, 0.05) is 115 Å². The van der Waals surface area contributed by atoms with E-state index in [-0.39, 0.29) is 77.2 Å². The number of nitrogens with zero attached hydrogens (tertiary/aromatic N) is 5. The second kappa shape index (κ2) is 27.4. The third-order valence-electron chi connectivity index (χ3n) is 34.3. The van der Waals surface area contributed by atoms with Crippen molar-refractivity contribution in [2.75, 3.05) is 84.8 Å². The zero-order valence-corrected chi connectivity index (χ0v) is 69.7. The molecule has 7 saturated carbocycles. The summed E-state index contributed by atoms with van der Waals surface area (Å²) in [6, 6.07) is 23.2. The number of aromatic hydroxyl groups is 4. The Morgan fingerprint density at radius 2 is 0.950 bits per heavy atom. The summed E-state index contributed by atoms with van der Waals surface area (Å²) in [4.78, 5) is 50.3. The number of alkyl halides is 2. The van der Waals surface area contributed by atoms with Crippen LogP contribution >= 0.6 is 23.2 Å². The highest BCUT2D eigenvalue weighted by atomic mass is 35.5. The Kier molecular flexibility index (Phi) is 17.9. The van der Waals surface area contributed by atoms with Crippen LogP contribution in [0, 0.1) is 23.2 Å². The minimum absolute atomic E-state index is 0.00295. The van der Waals surface area contributed by atoms with Crippen molar-refractivity contribution in [2.45, 2.75) is 252 Å². The molecule has 1 amide bonds. The minimum Gasteiger partial charge on any atom is -0.504 e. The zero-order chi connectivity index (χ0) is 81.8. The normalized spacial score (nSPS) is 38.1. The molecule has 0 aromatic heterocycles. The van der Waals surface area contributed by atoms with E-state index in [1.165, 1.54) is 67.9 Å². The summed E-state index contributed by atoms with van der Waals surface area (Å²) in [7, 11) is 3.34. The van der Waals surface area contributed by atoms with Crippen LogP contribution in [0.1, 0.15) is 165 Å². The molecule has 4 unspecified atom stereocenters. The molecule has 22 nitrogen and oxygen atoms in total. The average Bonchev–Trinajstić information content (AvgIpc) is 1.40. The van der Waals surface area contributed by atoms with E-state index < -0.39 is 73.6 Å². The van der Waals surface area contributed by atoms with E-state index in [0.29, 0.717) is 86.1 Å². The smallest absolute Gasteiger partial charge is 0.330 e. The maximum Gasteiger partial charge on any atom is 0.330 e. The predicted molar refractivity (Wildman–Crippen MR) is 443 cm³/mol. The molecule has 8 heterocycles. The number of ether oxygens (including phenoxy) is 5. The topological polar surface area (TPSA) is 287 Å². The monoisotopic (exact) mass is 1660 g/mol. The number of nitrogens with one attached hydrogen (secondary N) is 1. The first-order chi connectivity index (χ1) is 57.3. The number of amides is 1. The lowest BCUT2D eigenvalue weighted by Gasteiger charge is -2.65. The van der Waals surface area contributed by atoms with Crippen molar-refractivity contribution >= 4 is 40.9 Å². The van der Waals surface area contributed by atoms with Crippen LogP contribution in [0.5, 0.6) is 46.0 Å². The van der Waals surface area contributed by atoms with E-state index in [9.17, 15) is 55.2 Å². The molecule has 25 rings (SSSR count). The van der Waals surface area contributed by atoms with Crippen molar-refractivity contribution in [1.82, 2.24) is 29.8 Å². The number of benzene rings is 5. The first-order valence-electron chi connectivity index (χ1n) is 44.5. The molecule has 4 saturated heterocycles. The highest BCUT2D eigenvalue weighted by Gasteiger charge is 2.80. The Bertz CT molecular complexity index is 5080. The van der Waals surface area contributed by atoms with Gasteiger partial charge in [-0.05, 0) is 262 Å². The van der Waals surface area contributed by atoms with Gasteiger partial charge in [-0.2, -0.15) is 0 Å². The van der Waals surface area contributed by atoms with E-state index in [1.807, 2.05) is 30.3 Å². The molecule has 18 atom stereocenters. The highest BCUT2D eigenvalue weighted by molar-refractivity contribution is 6.18. The lowest BCUT2D eigenvalue weighted by molar-refractivity contribution is -0.206. The van der Waals surface area contributed by atoms with Crippen LogP contribution < -0.4 is 24.3 Å². The number of aliphatic hydroxyl groups is 4. The number of Topliss-reactive ketones (excluding diaryl/α,β-unsaturated/α-hetero) is 1. The van der Waals surface area contributed by atoms with Crippen molar-refractivity contribution < 1.29 is 78.9 Å². The van der Waals surface area contributed by atoms with Crippen molar-refractivity contribution in [3.8, 4) is 46.0 Å². The number of rotatable bonds is 14. The molecular weight excluding hydrogens is 1550 g/mol. The maximum atomic E-state index is 14.1. The quantitative estimate of drug-likeness (QED) is 0.0217. The van der Waals surface area contributed by atoms with Gasteiger partial charge in [-0.1, -0.05) is 55.1 Å². The fourth-order valence-corrected chi connectivity index (χ4v) is 29.2. The third kappa shape index (κ3) is 10.7. The van der Waals surface area contributed by atoms with Gasteiger partial charge >= 0.3 is 5.97 Å². The van der Waals surface area contributed by atoms with Gasteiger partial charge in [0.2, 0.25) is 5.91 Å². The highest BCUT2D eigenvalue weighted by Crippen LogP contribution is 2.72. The van der Waals surface area contributed by atoms with Crippen molar-refractivity contribution in [3.63, 3.8) is 0 Å². The number of hydrogen-bond donors (Lipinski definition) is 9. The van der Waals surface area contributed by atoms with Crippen LogP contribution in [-0.2, 0) is 79.3 Å². The number of carbonyl (C=O) groups is 3. The van der Waals surface area contributed by atoms with E-state index >= 15 is 0 Å². The number of phenols is 4. The summed E-state index contributed by atoms with van der Waals surface area (Å²) >= 11 is 12.3. The van der Waals surface area contributed by atoms with E-state index in [4.69, 9.17) is 42.1 Å². The van der Waals surface area contributed by atoms with Gasteiger partial charge in [0.25, 0.3) is 0 Å². The van der Waals surface area contributed by atoms with Gasteiger partial charge in [-0.15, -0.1) is 23.2 Å². The Morgan fingerprint density at radius 3 is 1.45 bits per heavy atom. The number of fused-ring (bicyclic) bond motifs is 1. The molecule has 119 heavy (non-hydrogen) atoms. The zero-order valence-electron chi connectivity index (χ0n) is 68.2.